The fraction of sp³-hybridized carbons (Fsp3) is 0.304. The van der Waals surface area contributed by atoms with Crippen LogP contribution in [0.3, 0.4) is 0 Å². The van der Waals surface area contributed by atoms with Gasteiger partial charge in [0, 0.05) is 18.5 Å². The SMILES string of the molecule is Cc1ccc2nc(Cn3cc(CCC(O)CCc4ccccc4)nn3)cc(=O)n2c1. The van der Waals surface area contributed by atoms with Crippen molar-refractivity contribution in [2.45, 2.75) is 45.3 Å². The van der Waals surface area contributed by atoms with Crippen molar-refractivity contribution in [1.29, 1.82) is 0 Å². The average Bonchev–Trinajstić information content (AvgIpc) is 3.19. The number of benzene rings is 1. The van der Waals surface area contributed by atoms with Crippen LogP contribution in [0.5, 0.6) is 0 Å². The molecule has 1 aromatic carbocycles. The molecule has 7 heteroatoms. The van der Waals surface area contributed by atoms with Crippen molar-refractivity contribution in [2.75, 3.05) is 0 Å². The predicted octanol–water partition coefficient (Wildman–Crippen LogP) is 2.57. The van der Waals surface area contributed by atoms with Gasteiger partial charge in [-0.15, -0.1) is 5.10 Å². The number of aromatic nitrogens is 5. The number of fused-ring (bicyclic) bond motifs is 1. The van der Waals surface area contributed by atoms with Gasteiger partial charge in [0.1, 0.15) is 5.65 Å². The zero-order valence-corrected chi connectivity index (χ0v) is 17.0. The topological polar surface area (TPSA) is 85.3 Å². The Labute approximate surface area is 174 Å². The van der Waals surface area contributed by atoms with Crippen LogP contribution in [0.15, 0.2) is 65.7 Å². The van der Waals surface area contributed by atoms with Crippen molar-refractivity contribution >= 4 is 5.65 Å². The highest BCUT2D eigenvalue weighted by Crippen LogP contribution is 2.10. The summed E-state index contributed by atoms with van der Waals surface area (Å²) in [6, 6.07) is 15.5. The van der Waals surface area contributed by atoms with Gasteiger partial charge in [0.05, 0.1) is 24.0 Å². The van der Waals surface area contributed by atoms with Crippen molar-refractivity contribution in [3.63, 3.8) is 0 Å². The second kappa shape index (κ2) is 9.00. The summed E-state index contributed by atoms with van der Waals surface area (Å²) >= 11 is 0. The van der Waals surface area contributed by atoms with Crippen molar-refractivity contribution in [2.24, 2.45) is 0 Å². The summed E-state index contributed by atoms with van der Waals surface area (Å²) in [4.78, 5) is 16.9. The van der Waals surface area contributed by atoms with Gasteiger partial charge < -0.3 is 5.11 Å². The molecule has 0 aliphatic carbocycles. The van der Waals surface area contributed by atoms with Gasteiger partial charge >= 0.3 is 0 Å². The Morgan fingerprint density at radius 3 is 2.63 bits per heavy atom. The fourth-order valence-electron chi connectivity index (χ4n) is 3.47. The molecular formula is C23H25N5O2. The first-order valence-corrected chi connectivity index (χ1v) is 10.2. The Bertz CT molecular complexity index is 1180. The number of nitrogens with zero attached hydrogens (tertiary/aromatic N) is 5. The Balaban J connectivity index is 1.33. The van der Waals surface area contributed by atoms with E-state index in [-0.39, 0.29) is 11.7 Å². The summed E-state index contributed by atoms with van der Waals surface area (Å²) in [5.41, 5.74) is 4.21. The number of pyridine rings is 1. The molecule has 4 rings (SSSR count). The number of aliphatic hydroxyl groups is 1. The maximum Gasteiger partial charge on any atom is 0.258 e. The molecule has 4 aromatic rings. The number of rotatable bonds is 8. The molecule has 3 aromatic heterocycles. The normalized spacial score (nSPS) is 12.3. The summed E-state index contributed by atoms with van der Waals surface area (Å²) in [6.07, 6.45) is 6.14. The molecular weight excluding hydrogens is 378 g/mol. The molecule has 30 heavy (non-hydrogen) atoms. The van der Waals surface area contributed by atoms with Crippen LogP contribution in [0.4, 0.5) is 0 Å². The van der Waals surface area contributed by atoms with E-state index in [0.717, 1.165) is 24.1 Å². The molecule has 0 saturated carbocycles. The van der Waals surface area contributed by atoms with E-state index in [4.69, 9.17) is 0 Å². The Morgan fingerprint density at radius 1 is 1.00 bits per heavy atom. The largest absolute Gasteiger partial charge is 0.393 e. The van der Waals surface area contributed by atoms with Crippen molar-refractivity contribution in [3.05, 3.63) is 93.8 Å². The minimum atomic E-state index is -0.374. The second-order valence-electron chi connectivity index (χ2n) is 7.64. The number of aliphatic hydroxyl groups excluding tert-OH is 1. The molecule has 7 nitrogen and oxygen atoms in total. The van der Waals surface area contributed by atoms with E-state index in [2.05, 4.69) is 27.4 Å². The Kier molecular flexibility index (Phi) is 5.99. The molecule has 0 aliphatic heterocycles. The van der Waals surface area contributed by atoms with Crippen LogP contribution in [-0.4, -0.2) is 35.6 Å². The molecule has 1 N–H and O–H groups in total. The minimum absolute atomic E-state index is 0.111. The molecule has 0 radical (unpaired) electrons. The number of hydrogen-bond donors (Lipinski definition) is 1. The van der Waals surface area contributed by atoms with E-state index in [1.54, 1.807) is 15.3 Å². The third-order valence-electron chi connectivity index (χ3n) is 5.11. The van der Waals surface area contributed by atoms with E-state index in [0.29, 0.717) is 30.7 Å². The van der Waals surface area contributed by atoms with E-state index in [9.17, 15) is 9.90 Å². The molecule has 0 bridgehead atoms. The lowest BCUT2D eigenvalue weighted by Crippen LogP contribution is -2.17. The molecule has 1 atom stereocenters. The third kappa shape index (κ3) is 4.99. The van der Waals surface area contributed by atoms with Crippen LogP contribution in [0.2, 0.25) is 0 Å². The van der Waals surface area contributed by atoms with Crippen LogP contribution in [0, 0.1) is 6.92 Å². The molecule has 154 valence electrons. The van der Waals surface area contributed by atoms with Gasteiger partial charge in [0.2, 0.25) is 0 Å². The van der Waals surface area contributed by atoms with Crippen LogP contribution >= 0.6 is 0 Å². The Morgan fingerprint density at radius 2 is 1.80 bits per heavy atom. The maximum atomic E-state index is 12.3. The monoisotopic (exact) mass is 403 g/mol. The highest BCUT2D eigenvalue weighted by molar-refractivity contribution is 5.39. The van der Waals surface area contributed by atoms with Gasteiger partial charge in [-0.25, -0.2) is 9.67 Å². The minimum Gasteiger partial charge on any atom is -0.393 e. The van der Waals surface area contributed by atoms with E-state index >= 15 is 0 Å². The van der Waals surface area contributed by atoms with Crippen molar-refractivity contribution < 1.29 is 5.11 Å². The quantitative estimate of drug-likeness (QED) is 0.489. The molecule has 1 unspecified atom stereocenters. The molecule has 0 saturated heterocycles. The maximum absolute atomic E-state index is 12.3. The van der Waals surface area contributed by atoms with Gasteiger partial charge in [0.15, 0.2) is 0 Å². The summed E-state index contributed by atoms with van der Waals surface area (Å²) in [6.45, 7) is 2.32. The van der Waals surface area contributed by atoms with Gasteiger partial charge in [-0.2, -0.15) is 0 Å². The lowest BCUT2D eigenvalue weighted by molar-refractivity contribution is 0.155. The lowest BCUT2D eigenvalue weighted by atomic mass is 10.0. The van der Waals surface area contributed by atoms with E-state index < -0.39 is 0 Å². The van der Waals surface area contributed by atoms with Gasteiger partial charge in [0.25, 0.3) is 5.56 Å². The molecule has 0 spiro atoms. The van der Waals surface area contributed by atoms with Gasteiger partial charge in [-0.1, -0.05) is 41.6 Å². The summed E-state index contributed by atoms with van der Waals surface area (Å²) in [5, 5.41) is 18.6. The first-order chi connectivity index (χ1) is 14.6. The second-order valence-corrected chi connectivity index (χ2v) is 7.64. The van der Waals surface area contributed by atoms with Crippen molar-refractivity contribution in [1.82, 2.24) is 24.4 Å². The smallest absolute Gasteiger partial charge is 0.258 e. The molecule has 3 heterocycles. The molecule has 0 fully saturated rings. The highest BCUT2D eigenvalue weighted by Gasteiger charge is 2.09. The highest BCUT2D eigenvalue weighted by atomic mass is 16.3. The van der Waals surface area contributed by atoms with E-state index in [1.807, 2.05) is 43.5 Å². The van der Waals surface area contributed by atoms with Gasteiger partial charge in [-0.3, -0.25) is 9.20 Å². The summed E-state index contributed by atoms with van der Waals surface area (Å²) in [7, 11) is 0. The van der Waals surface area contributed by atoms with Crippen LogP contribution in [0.1, 0.15) is 35.4 Å². The standard InChI is InChI=1S/C23H25N5O2/c1-17-7-12-22-24-20(13-23(30)28(22)14-17)16-27-15-19(25-26-27)9-11-21(29)10-8-18-5-3-2-4-6-18/h2-7,12-15,21,29H,8-11,16H2,1H3. The van der Waals surface area contributed by atoms with Crippen LogP contribution in [-0.2, 0) is 19.4 Å². The summed E-state index contributed by atoms with van der Waals surface area (Å²) in [5.74, 6) is 0. The first kappa shape index (κ1) is 20.0. The first-order valence-electron chi connectivity index (χ1n) is 10.2. The van der Waals surface area contributed by atoms with Crippen LogP contribution < -0.4 is 5.56 Å². The number of aryl methyl sites for hydroxylation is 3. The third-order valence-corrected chi connectivity index (χ3v) is 5.11. The molecule has 0 aliphatic rings. The summed E-state index contributed by atoms with van der Waals surface area (Å²) < 4.78 is 3.22. The van der Waals surface area contributed by atoms with Crippen molar-refractivity contribution in [3.8, 4) is 0 Å². The predicted molar refractivity (Wildman–Crippen MR) is 114 cm³/mol. The van der Waals surface area contributed by atoms with Gasteiger partial charge in [-0.05, 0) is 49.8 Å². The number of hydrogen-bond acceptors (Lipinski definition) is 5. The molecule has 0 amide bonds. The zero-order valence-electron chi connectivity index (χ0n) is 17.0. The van der Waals surface area contributed by atoms with E-state index in [1.165, 1.54) is 11.6 Å². The zero-order chi connectivity index (χ0) is 20.9. The van der Waals surface area contributed by atoms with Crippen LogP contribution in [0.25, 0.3) is 5.65 Å². The average molecular weight is 403 g/mol. The Hall–Kier alpha value is -3.32. The lowest BCUT2D eigenvalue weighted by Gasteiger charge is -2.09. The fourth-order valence-corrected chi connectivity index (χ4v) is 3.47.